The summed E-state index contributed by atoms with van der Waals surface area (Å²) >= 11 is 6.11. The van der Waals surface area contributed by atoms with Crippen molar-refractivity contribution in [3.05, 3.63) is 69.9 Å². The zero-order valence-corrected chi connectivity index (χ0v) is 14.6. The lowest BCUT2D eigenvalue weighted by Crippen LogP contribution is -2.18. The van der Waals surface area contributed by atoms with Gasteiger partial charge in [-0.3, -0.25) is 4.79 Å². The maximum atomic E-state index is 12.2. The number of halogens is 1. The van der Waals surface area contributed by atoms with Crippen LogP contribution < -0.4 is 5.43 Å². The number of hydrogen-bond acceptors (Lipinski definition) is 2. The summed E-state index contributed by atoms with van der Waals surface area (Å²) in [6.45, 7) is 3.95. The molecule has 1 heterocycles. The number of rotatable bonds is 3. The number of hydrazone groups is 1. The van der Waals surface area contributed by atoms with Crippen molar-refractivity contribution in [2.24, 2.45) is 12.1 Å². The first-order chi connectivity index (χ1) is 11.5. The third-order valence-electron chi connectivity index (χ3n) is 4.18. The molecular formula is C19H18ClN3O. The molecule has 0 atom stereocenters. The molecule has 3 aromatic rings. The molecule has 0 aliphatic rings. The highest BCUT2D eigenvalue weighted by molar-refractivity contribution is 6.33. The summed E-state index contributed by atoms with van der Waals surface area (Å²) in [4.78, 5) is 12.2. The molecule has 1 aromatic heterocycles. The Labute approximate surface area is 145 Å². The number of carbonyl (C=O) groups excluding carboxylic acids is 1. The second kappa shape index (κ2) is 6.49. The Kier molecular flexibility index (Phi) is 4.40. The molecular weight excluding hydrogens is 322 g/mol. The number of hydrogen-bond donors (Lipinski definition) is 1. The first-order valence-corrected chi connectivity index (χ1v) is 8.00. The van der Waals surface area contributed by atoms with E-state index < -0.39 is 0 Å². The van der Waals surface area contributed by atoms with Gasteiger partial charge < -0.3 is 4.57 Å². The van der Waals surface area contributed by atoms with Gasteiger partial charge in [0, 0.05) is 29.2 Å². The summed E-state index contributed by atoms with van der Waals surface area (Å²) in [5.74, 6) is -0.325. The number of benzene rings is 2. The molecule has 0 bridgehead atoms. The van der Waals surface area contributed by atoms with E-state index in [4.69, 9.17) is 11.6 Å². The third-order valence-corrected chi connectivity index (χ3v) is 4.49. The van der Waals surface area contributed by atoms with E-state index >= 15 is 0 Å². The van der Waals surface area contributed by atoms with E-state index in [9.17, 15) is 4.79 Å². The van der Waals surface area contributed by atoms with Gasteiger partial charge in [-0.15, -0.1) is 0 Å². The number of aryl methyl sites for hydroxylation is 2. The summed E-state index contributed by atoms with van der Waals surface area (Å²) in [5.41, 5.74) is 7.17. The van der Waals surface area contributed by atoms with Gasteiger partial charge in [0.1, 0.15) is 0 Å². The molecule has 1 N–H and O–H groups in total. The summed E-state index contributed by atoms with van der Waals surface area (Å²) in [6, 6.07) is 13.4. The minimum absolute atomic E-state index is 0.325. The van der Waals surface area contributed by atoms with Crippen LogP contribution in [0, 0.1) is 13.8 Å². The molecule has 0 saturated heterocycles. The predicted octanol–water partition coefficient (Wildman–Crippen LogP) is 4.21. The number of amides is 1. The number of para-hydroxylation sites is 1. The van der Waals surface area contributed by atoms with Crippen molar-refractivity contribution in [3.63, 3.8) is 0 Å². The lowest BCUT2D eigenvalue weighted by molar-refractivity contribution is 0.0955. The summed E-state index contributed by atoms with van der Waals surface area (Å²) in [7, 11) is 2.01. The lowest BCUT2D eigenvalue weighted by atomic mass is 10.1. The molecule has 2 aromatic carbocycles. The SMILES string of the molecule is Cc1ccc(C(=O)N/N=C\c2c(C)n(C)c3ccccc23)c(Cl)c1. The molecule has 5 heteroatoms. The molecule has 0 fully saturated rings. The molecule has 0 saturated carbocycles. The molecule has 0 unspecified atom stereocenters. The van der Waals surface area contributed by atoms with Crippen LogP contribution in [-0.2, 0) is 7.05 Å². The monoisotopic (exact) mass is 339 g/mol. The van der Waals surface area contributed by atoms with E-state index in [1.54, 1.807) is 18.3 Å². The van der Waals surface area contributed by atoms with Crippen LogP contribution in [-0.4, -0.2) is 16.7 Å². The van der Waals surface area contributed by atoms with Gasteiger partial charge in [0.15, 0.2) is 0 Å². The minimum Gasteiger partial charge on any atom is -0.347 e. The van der Waals surface area contributed by atoms with Crippen LogP contribution in [0.15, 0.2) is 47.6 Å². The first kappa shape index (κ1) is 16.3. The molecule has 0 spiro atoms. The molecule has 1 amide bonds. The van der Waals surface area contributed by atoms with Crippen molar-refractivity contribution >= 4 is 34.6 Å². The number of carbonyl (C=O) groups is 1. The maximum Gasteiger partial charge on any atom is 0.272 e. The van der Waals surface area contributed by atoms with Crippen LogP contribution in [0.25, 0.3) is 10.9 Å². The van der Waals surface area contributed by atoms with E-state index in [0.29, 0.717) is 10.6 Å². The van der Waals surface area contributed by atoms with E-state index in [1.165, 1.54) is 0 Å². The normalized spacial score (nSPS) is 11.3. The lowest BCUT2D eigenvalue weighted by Gasteiger charge is -2.03. The van der Waals surface area contributed by atoms with E-state index in [2.05, 4.69) is 21.2 Å². The van der Waals surface area contributed by atoms with Crippen molar-refractivity contribution < 1.29 is 4.79 Å². The van der Waals surface area contributed by atoms with Gasteiger partial charge in [0.25, 0.3) is 5.91 Å². The van der Waals surface area contributed by atoms with Gasteiger partial charge in [-0.05, 0) is 37.6 Å². The Hall–Kier alpha value is -2.59. The van der Waals surface area contributed by atoms with Crippen LogP contribution in [0.4, 0.5) is 0 Å². The quantitative estimate of drug-likeness (QED) is 0.564. The number of nitrogens with one attached hydrogen (secondary N) is 1. The van der Waals surface area contributed by atoms with Crippen molar-refractivity contribution in [3.8, 4) is 0 Å². The maximum absolute atomic E-state index is 12.2. The summed E-state index contributed by atoms with van der Waals surface area (Å²) < 4.78 is 2.11. The highest BCUT2D eigenvalue weighted by Crippen LogP contribution is 2.23. The van der Waals surface area contributed by atoms with Crippen molar-refractivity contribution in [2.45, 2.75) is 13.8 Å². The van der Waals surface area contributed by atoms with Crippen LogP contribution in [0.3, 0.4) is 0 Å². The number of fused-ring (bicyclic) bond motifs is 1. The minimum atomic E-state index is -0.325. The first-order valence-electron chi connectivity index (χ1n) is 7.62. The fourth-order valence-electron chi connectivity index (χ4n) is 2.73. The molecule has 4 nitrogen and oxygen atoms in total. The fraction of sp³-hybridized carbons (Fsp3) is 0.158. The van der Waals surface area contributed by atoms with E-state index in [0.717, 1.165) is 27.7 Å². The second-order valence-corrected chi connectivity index (χ2v) is 6.16. The highest BCUT2D eigenvalue weighted by Gasteiger charge is 2.11. The standard InChI is InChI=1S/C19H18ClN3O/c1-12-8-9-15(17(20)10-12)19(24)22-21-11-16-13(2)23(3)18-7-5-4-6-14(16)18/h4-11H,1-3H3,(H,22,24)/b21-11-. The Bertz CT molecular complexity index is 957. The van der Waals surface area contributed by atoms with E-state index in [-0.39, 0.29) is 5.91 Å². The second-order valence-electron chi connectivity index (χ2n) is 5.76. The van der Waals surface area contributed by atoms with Crippen LogP contribution in [0.5, 0.6) is 0 Å². The molecule has 3 rings (SSSR count). The Morgan fingerprint density at radius 2 is 1.96 bits per heavy atom. The number of nitrogens with zero attached hydrogens (tertiary/aromatic N) is 2. The largest absolute Gasteiger partial charge is 0.347 e. The average molecular weight is 340 g/mol. The fourth-order valence-corrected chi connectivity index (χ4v) is 3.05. The van der Waals surface area contributed by atoms with Gasteiger partial charge >= 0.3 is 0 Å². The van der Waals surface area contributed by atoms with E-state index in [1.807, 2.05) is 45.2 Å². The Balaban J connectivity index is 1.85. The Morgan fingerprint density at radius 3 is 2.71 bits per heavy atom. The van der Waals surface area contributed by atoms with Crippen molar-refractivity contribution in [1.82, 2.24) is 9.99 Å². The van der Waals surface area contributed by atoms with Gasteiger partial charge in [0.05, 0.1) is 16.8 Å². The van der Waals surface area contributed by atoms with Crippen LogP contribution in [0.2, 0.25) is 5.02 Å². The van der Waals surface area contributed by atoms with Gasteiger partial charge in [-0.2, -0.15) is 5.10 Å². The highest BCUT2D eigenvalue weighted by atomic mass is 35.5. The van der Waals surface area contributed by atoms with Gasteiger partial charge in [-0.1, -0.05) is 35.9 Å². The Morgan fingerprint density at radius 1 is 1.21 bits per heavy atom. The smallest absolute Gasteiger partial charge is 0.272 e. The van der Waals surface area contributed by atoms with Crippen LogP contribution in [0.1, 0.15) is 27.2 Å². The summed E-state index contributed by atoms with van der Waals surface area (Å²) in [5, 5.41) is 5.63. The van der Waals surface area contributed by atoms with Crippen molar-refractivity contribution in [1.29, 1.82) is 0 Å². The van der Waals surface area contributed by atoms with Crippen molar-refractivity contribution in [2.75, 3.05) is 0 Å². The van der Waals surface area contributed by atoms with Crippen LogP contribution >= 0.6 is 11.6 Å². The molecule has 0 aliphatic heterocycles. The molecule has 24 heavy (non-hydrogen) atoms. The van der Waals surface area contributed by atoms with Gasteiger partial charge in [0.2, 0.25) is 0 Å². The zero-order chi connectivity index (χ0) is 17.3. The molecule has 0 aliphatic carbocycles. The average Bonchev–Trinajstić information content (AvgIpc) is 2.80. The molecule has 0 radical (unpaired) electrons. The topological polar surface area (TPSA) is 46.4 Å². The van der Waals surface area contributed by atoms with Gasteiger partial charge in [-0.25, -0.2) is 5.43 Å². The third kappa shape index (κ3) is 2.93. The zero-order valence-electron chi connectivity index (χ0n) is 13.8. The molecule has 122 valence electrons. The number of aromatic nitrogens is 1. The predicted molar refractivity (Wildman–Crippen MR) is 98.9 cm³/mol. The summed E-state index contributed by atoms with van der Waals surface area (Å²) in [6.07, 6.45) is 1.68.